The molecule has 0 bridgehead atoms. The quantitative estimate of drug-likeness (QED) is 0.0320. The molecule has 0 aromatic carbocycles. The molecule has 0 spiro atoms. The first kappa shape index (κ1) is 78.6. The summed E-state index contributed by atoms with van der Waals surface area (Å²) in [6.45, 7) is 4.95. The van der Waals surface area contributed by atoms with E-state index in [1.54, 1.807) is 6.08 Å². The Morgan fingerprint density at radius 1 is 0.338 bits per heavy atom. The summed E-state index contributed by atoms with van der Waals surface area (Å²) >= 11 is 0. The lowest BCUT2D eigenvalue weighted by Gasteiger charge is -2.20. The van der Waals surface area contributed by atoms with Gasteiger partial charge >= 0.3 is 5.97 Å². The molecule has 6 nitrogen and oxygen atoms in total. The molecule has 6 heteroatoms. The molecule has 476 valence electrons. The van der Waals surface area contributed by atoms with E-state index in [1.165, 1.54) is 360 Å². The SMILES string of the molecule is CCCCCCCCCCCCCCCCCC/C=C/C(O)C(CO)NC(=O)CCCCCCCCCCCCCCCCCCCCCCCCCCCCCCCCCCCOC(=O)CCCCCCCCCCCCCC. The number of amides is 1. The highest BCUT2D eigenvalue weighted by Gasteiger charge is 2.18. The van der Waals surface area contributed by atoms with Gasteiger partial charge in [-0.3, -0.25) is 9.59 Å². The second kappa shape index (κ2) is 70.1. The normalized spacial score (nSPS) is 12.5. The van der Waals surface area contributed by atoms with Crippen molar-refractivity contribution < 1.29 is 24.5 Å². The Morgan fingerprint density at radius 3 is 0.850 bits per heavy atom. The molecule has 0 saturated carbocycles. The van der Waals surface area contributed by atoms with E-state index in [2.05, 4.69) is 19.2 Å². The van der Waals surface area contributed by atoms with Crippen LogP contribution in [0.3, 0.4) is 0 Å². The van der Waals surface area contributed by atoms with Crippen LogP contribution < -0.4 is 5.32 Å². The number of allylic oxidation sites excluding steroid dienone is 1. The zero-order valence-electron chi connectivity index (χ0n) is 54.6. The van der Waals surface area contributed by atoms with Crippen molar-refractivity contribution in [2.75, 3.05) is 13.2 Å². The predicted octanol–water partition coefficient (Wildman–Crippen LogP) is 23.9. The van der Waals surface area contributed by atoms with Crippen LogP contribution in [0.1, 0.15) is 425 Å². The van der Waals surface area contributed by atoms with Gasteiger partial charge in [0.1, 0.15) is 0 Å². The molecule has 80 heavy (non-hydrogen) atoms. The van der Waals surface area contributed by atoms with Crippen molar-refractivity contribution in [3.8, 4) is 0 Å². The van der Waals surface area contributed by atoms with Gasteiger partial charge in [0, 0.05) is 12.8 Å². The van der Waals surface area contributed by atoms with E-state index < -0.39 is 12.1 Å². The summed E-state index contributed by atoms with van der Waals surface area (Å²) in [5.41, 5.74) is 0. The van der Waals surface area contributed by atoms with Gasteiger partial charge in [0.2, 0.25) is 5.91 Å². The number of nitrogens with one attached hydrogen (secondary N) is 1. The zero-order chi connectivity index (χ0) is 57.8. The Kier molecular flexibility index (Phi) is 68.9. The summed E-state index contributed by atoms with van der Waals surface area (Å²) in [6, 6.07) is -0.624. The van der Waals surface area contributed by atoms with Crippen molar-refractivity contribution in [3.63, 3.8) is 0 Å². The highest BCUT2D eigenvalue weighted by Crippen LogP contribution is 2.20. The molecule has 1 amide bonds. The van der Waals surface area contributed by atoms with Crippen LogP contribution in [0.2, 0.25) is 0 Å². The maximum absolute atomic E-state index is 12.5. The summed E-state index contributed by atoms with van der Waals surface area (Å²) in [6.07, 6.45) is 87.4. The van der Waals surface area contributed by atoms with Gasteiger partial charge in [-0.15, -0.1) is 0 Å². The van der Waals surface area contributed by atoms with Gasteiger partial charge in [-0.25, -0.2) is 0 Å². The Morgan fingerprint density at radius 2 is 0.575 bits per heavy atom. The fourth-order valence-corrected chi connectivity index (χ4v) is 11.9. The largest absolute Gasteiger partial charge is 0.466 e. The van der Waals surface area contributed by atoms with E-state index >= 15 is 0 Å². The fraction of sp³-hybridized carbons (Fsp3) is 0.946. The van der Waals surface area contributed by atoms with E-state index in [9.17, 15) is 19.8 Å². The highest BCUT2D eigenvalue weighted by molar-refractivity contribution is 5.76. The summed E-state index contributed by atoms with van der Waals surface area (Å²) in [7, 11) is 0. The molecule has 2 unspecified atom stereocenters. The van der Waals surface area contributed by atoms with Crippen LogP contribution in [0, 0.1) is 0 Å². The van der Waals surface area contributed by atoms with Crippen molar-refractivity contribution in [2.45, 2.75) is 437 Å². The number of aliphatic hydroxyl groups is 2. The molecule has 0 aliphatic heterocycles. The molecule has 0 aromatic rings. The van der Waals surface area contributed by atoms with Crippen molar-refractivity contribution in [1.82, 2.24) is 5.32 Å². The van der Waals surface area contributed by atoms with Gasteiger partial charge < -0.3 is 20.3 Å². The van der Waals surface area contributed by atoms with Gasteiger partial charge in [-0.1, -0.05) is 392 Å². The molecular weight excluding hydrogens is 983 g/mol. The lowest BCUT2D eigenvalue weighted by atomic mass is 10.0. The molecular formula is C74H145NO5. The molecule has 0 rings (SSSR count). The Hall–Kier alpha value is -1.40. The van der Waals surface area contributed by atoms with E-state index in [0.29, 0.717) is 19.4 Å². The van der Waals surface area contributed by atoms with Gasteiger partial charge in [0.15, 0.2) is 0 Å². The van der Waals surface area contributed by atoms with Crippen LogP contribution in [0.25, 0.3) is 0 Å². The summed E-state index contributed by atoms with van der Waals surface area (Å²) in [5.74, 6) is -0.0360. The fourth-order valence-electron chi connectivity index (χ4n) is 11.9. The van der Waals surface area contributed by atoms with E-state index in [-0.39, 0.29) is 18.5 Å². The monoisotopic (exact) mass is 1130 g/mol. The maximum Gasteiger partial charge on any atom is 0.305 e. The molecule has 0 aromatic heterocycles. The number of esters is 1. The Balaban J connectivity index is 3.33. The molecule has 0 saturated heterocycles. The Bertz CT molecular complexity index is 1210. The molecule has 0 aliphatic rings. The van der Waals surface area contributed by atoms with Crippen LogP contribution in [-0.4, -0.2) is 47.4 Å². The van der Waals surface area contributed by atoms with Gasteiger partial charge in [0.25, 0.3) is 0 Å². The van der Waals surface area contributed by atoms with Crippen LogP contribution in [0.15, 0.2) is 12.2 Å². The van der Waals surface area contributed by atoms with Gasteiger partial charge in [0.05, 0.1) is 25.4 Å². The average Bonchev–Trinajstić information content (AvgIpc) is 3.46. The van der Waals surface area contributed by atoms with Crippen LogP contribution >= 0.6 is 0 Å². The summed E-state index contributed by atoms with van der Waals surface area (Å²) in [5, 5.41) is 23.2. The Labute approximate surface area is 501 Å². The first-order valence-corrected chi connectivity index (χ1v) is 37.0. The molecule has 0 aliphatic carbocycles. The standard InChI is InChI=1S/C74H145NO5/c1-3-5-7-9-11-13-15-17-18-19-37-40-43-46-50-54-58-62-66-72(77)71(70-76)75-73(78)67-63-59-55-51-47-44-41-38-35-33-31-29-27-25-23-21-20-22-24-26-28-30-32-34-36-39-42-45-49-53-57-61-65-69-80-74(79)68-64-60-56-52-48-16-14-12-10-8-6-4-2/h62,66,71-72,76-77H,3-61,63-65,67-70H2,1-2H3,(H,75,78)/b66-62+. The molecule has 0 heterocycles. The third kappa shape index (κ3) is 65.7. The number of unbranched alkanes of at least 4 members (excludes halogenated alkanes) is 59. The van der Waals surface area contributed by atoms with Crippen molar-refractivity contribution in [1.29, 1.82) is 0 Å². The van der Waals surface area contributed by atoms with Crippen LogP contribution in [-0.2, 0) is 14.3 Å². The third-order valence-electron chi connectivity index (χ3n) is 17.6. The topological polar surface area (TPSA) is 95.9 Å². The predicted molar refractivity (Wildman–Crippen MR) is 352 cm³/mol. The second-order valence-electron chi connectivity index (χ2n) is 25.6. The number of aliphatic hydroxyl groups excluding tert-OH is 2. The number of carbonyl (C=O) groups is 2. The van der Waals surface area contributed by atoms with Gasteiger partial charge in [-0.2, -0.15) is 0 Å². The average molecular weight is 1130 g/mol. The summed E-state index contributed by atoms with van der Waals surface area (Å²) < 4.78 is 5.49. The zero-order valence-corrected chi connectivity index (χ0v) is 54.6. The smallest absolute Gasteiger partial charge is 0.305 e. The number of carbonyl (C=O) groups excluding carboxylic acids is 2. The summed E-state index contributed by atoms with van der Waals surface area (Å²) in [4.78, 5) is 24.5. The maximum atomic E-state index is 12.5. The number of ether oxygens (including phenoxy) is 1. The minimum atomic E-state index is -0.841. The van der Waals surface area contributed by atoms with E-state index in [4.69, 9.17) is 4.74 Å². The minimum absolute atomic E-state index is 0.0231. The first-order chi connectivity index (χ1) is 39.5. The van der Waals surface area contributed by atoms with Crippen molar-refractivity contribution >= 4 is 11.9 Å². The lowest BCUT2D eigenvalue weighted by molar-refractivity contribution is -0.143. The van der Waals surface area contributed by atoms with Crippen molar-refractivity contribution in [3.05, 3.63) is 12.2 Å². The molecule has 3 N–H and O–H groups in total. The third-order valence-corrected chi connectivity index (χ3v) is 17.6. The number of hydrogen-bond donors (Lipinski definition) is 3. The van der Waals surface area contributed by atoms with Crippen LogP contribution in [0.5, 0.6) is 0 Å². The van der Waals surface area contributed by atoms with E-state index in [0.717, 1.165) is 38.5 Å². The highest BCUT2D eigenvalue weighted by atomic mass is 16.5. The van der Waals surface area contributed by atoms with Gasteiger partial charge in [-0.05, 0) is 32.1 Å². The molecule has 2 atom stereocenters. The van der Waals surface area contributed by atoms with Crippen molar-refractivity contribution in [2.24, 2.45) is 0 Å². The number of rotatable bonds is 70. The van der Waals surface area contributed by atoms with E-state index in [1.807, 2.05) is 6.08 Å². The minimum Gasteiger partial charge on any atom is -0.466 e. The lowest BCUT2D eigenvalue weighted by Crippen LogP contribution is -2.45. The molecule has 0 radical (unpaired) electrons. The van der Waals surface area contributed by atoms with Crippen LogP contribution in [0.4, 0.5) is 0 Å². The molecule has 0 fully saturated rings. The number of hydrogen-bond acceptors (Lipinski definition) is 5. The first-order valence-electron chi connectivity index (χ1n) is 37.0. The second-order valence-corrected chi connectivity index (χ2v) is 25.6.